The van der Waals surface area contributed by atoms with Crippen molar-refractivity contribution in [2.75, 3.05) is 19.6 Å². The summed E-state index contributed by atoms with van der Waals surface area (Å²) in [6, 6.07) is 4.40. The molecule has 0 aliphatic carbocycles. The molecule has 1 aromatic heterocycles. The third-order valence-electron chi connectivity index (χ3n) is 2.93. The Labute approximate surface area is 90.7 Å². The van der Waals surface area contributed by atoms with E-state index in [-0.39, 0.29) is 0 Å². The summed E-state index contributed by atoms with van der Waals surface area (Å²) < 4.78 is 0. The topological polar surface area (TPSA) is 3.24 Å². The molecule has 1 aromatic rings. The Bertz CT molecular complexity index is 237. The van der Waals surface area contributed by atoms with Crippen molar-refractivity contribution in [1.82, 2.24) is 4.90 Å². The van der Waals surface area contributed by atoms with E-state index in [9.17, 15) is 0 Å². The summed E-state index contributed by atoms with van der Waals surface area (Å²) in [6.45, 7) is 3.98. The number of aryl methyl sites for hydroxylation is 1. The van der Waals surface area contributed by atoms with Crippen LogP contribution in [0.5, 0.6) is 0 Å². The van der Waals surface area contributed by atoms with Gasteiger partial charge < -0.3 is 4.90 Å². The van der Waals surface area contributed by atoms with Gasteiger partial charge in [-0.25, -0.2) is 0 Å². The predicted octanol–water partition coefficient (Wildman–Crippen LogP) is 3.17. The van der Waals surface area contributed by atoms with Crippen LogP contribution in [-0.4, -0.2) is 24.5 Å². The van der Waals surface area contributed by atoms with Gasteiger partial charge >= 0.3 is 0 Å². The Morgan fingerprint density at radius 2 is 2.07 bits per heavy atom. The third kappa shape index (κ3) is 3.10. The molecule has 1 aliphatic heterocycles. The smallest absolute Gasteiger partial charge is 0.00457 e. The quantitative estimate of drug-likeness (QED) is 0.736. The highest BCUT2D eigenvalue weighted by Crippen LogP contribution is 2.13. The molecule has 0 bridgehead atoms. The summed E-state index contributed by atoms with van der Waals surface area (Å²) in [4.78, 5) is 4.17. The molecule has 2 heterocycles. The Morgan fingerprint density at radius 1 is 1.21 bits per heavy atom. The molecule has 14 heavy (non-hydrogen) atoms. The second-order valence-electron chi connectivity index (χ2n) is 4.09. The maximum Gasteiger partial charge on any atom is 0.00457 e. The number of thiophene rings is 1. The first-order valence-corrected chi connectivity index (χ1v) is 6.58. The highest BCUT2D eigenvalue weighted by Gasteiger charge is 2.08. The minimum atomic E-state index is 1.27. The molecule has 2 heteroatoms. The van der Waals surface area contributed by atoms with Crippen LogP contribution >= 0.6 is 11.3 Å². The Hall–Kier alpha value is -0.340. The van der Waals surface area contributed by atoms with Gasteiger partial charge in [0.2, 0.25) is 0 Å². The maximum atomic E-state index is 2.62. The van der Waals surface area contributed by atoms with Gasteiger partial charge in [0.25, 0.3) is 0 Å². The van der Waals surface area contributed by atoms with E-state index >= 15 is 0 Å². The van der Waals surface area contributed by atoms with Crippen molar-refractivity contribution >= 4 is 11.3 Å². The molecular weight excluding hydrogens is 190 g/mol. The molecule has 0 radical (unpaired) electrons. The third-order valence-corrected chi connectivity index (χ3v) is 3.86. The van der Waals surface area contributed by atoms with Crippen LogP contribution in [-0.2, 0) is 6.42 Å². The molecule has 1 saturated heterocycles. The summed E-state index contributed by atoms with van der Waals surface area (Å²) in [7, 11) is 0. The van der Waals surface area contributed by atoms with Gasteiger partial charge in [0.15, 0.2) is 0 Å². The summed E-state index contributed by atoms with van der Waals surface area (Å²) in [5, 5.41) is 2.18. The predicted molar refractivity (Wildman–Crippen MR) is 62.9 cm³/mol. The highest BCUT2D eigenvalue weighted by atomic mass is 32.1. The molecule has 0 aromatic carbocycles. The van der Waals surface area contributed by atoms with E-state index in [1.54, 1.807) is 4.88 Å². The lowest BCUT2D eigenvalue weighted by Gasteiger charge is -2.26. The number of rotatable bonds is 4. The van der Waals surface area contributed by atoms with Crippen LogP contribution in [0.1, 0.15) is 30.6 Å². The second kappa shape index (κ2) is 5.52. The van der Waals surface area contributed by atoms with Gasteiger partial charge in [-0.2, -0.15) is 0 Å². The van der Waals surface area contributed by atoms with E-state index in [1.165, 1.54) is 51.7 Å². The molecule has 0 spiro atoms. The lowest BCUT2D eigenvalue weighted by atomic mass is 10.1. The van der Waals surface area contributed by atoms with Gasteiger partial charge in [-0.05, 0) is 56.8 Å². The van der Waals surface area contributed by atoms with Crippen LogP contribution < -0.4 is 0 Å². The molecule has 1 aliphatic rings. The van der Waals surface area contributed by atoms with Crippen LogP contribution in [0.2, 0.25) is 0 Å². The van der Waals surface area contributed by atoms with E-state index in [1.807, 2.05) is 11.3 Å². The molecule has 0 saturated carbocycles. The average Bonchev–Trinajstić information content (AvgIpc) is 2.72. The van der Waals surface area contributed by atoms with Crippen LogP contribution in [0.4, 0.5) is 0 Å². The molecule has 0 atom stereocenters. The number of hydrogen-bond donors (Lipinski definition) is 0. The van der Waals surface area contributed by atoms with E-state index in [0.717, 1.165) is 0 Å². The normalized spacial score (nSPS) is 18.6. The Morgan fingerprint density at radius 3 is 2.79 bits per heavy atom. The first kappa shape index (κ1) is 10.2. The number of piperidine rings is 1. The van der Waals surface area contributed by atoms with Crippen LogP contribution in [0.3, 0.4) is 0 Å². The van der Waals surface area contributed by atoms with Gasteiger partial charge in [0.1, 0.15) is 0 Å². The lowest BCUT2D eigenvalue weighted by molar-refractivity contribution is 0.226. The molecule has 2 rings (SSSR count). The molecule has 0 amide bonds. The Kier molecular flexibility index (Phi) is 4.02. The first-order chi connectivity index (χ1) is 6.95. The fourth-order valence-electron chi connectivity index (χ4n) is 2.11. The monoisotopic (exact) mass is 209 g/mol. The van der Waals surface area contributed by atoms with Crippen molar-refractivity contribution in [2.45, 2.75) is 32.1 Å². The van der Waals surface area contributed by atoms with Gasteiger partial charge in [-0.1, -0.05) is 12.5 Å². The van der Waals surface area contributed by atoms with Gasteiger partial charge in [-0.3, -0.25) is 0 Å². The SMILES string of the molecule is c1csc(CCCN2CCCCC2)c1. The number of nitrogens with zero attached hydrogens (tertiary/aromatic N) is 1. The van der Waals surface area contributed by atoms with Crippen molar-refractivity contribution in [1.29, 1.82) is 0 Å². The van der Waals surface area contributed by atoms with E-state index in [4.69, 9.17) is 0 Å². The molecule has 0 N–H and O–H groups in total. The van der Waals surface area contributed by atoms with Crippen molar-refractivity contribution in [3.63, 3.8) is 0 Å². The maximum absolute atomic E-state index is 2.62. The summed E-state index contributed by atoms with van der Waals surface area (Å²) in [5.74, 6) is 0. The highest BCUT2D eigenvalue weighted by molar-refractivity contribution is 7.09. The summed E-state index contributed by atoms with van der Waals surface area (Å²) in [5.41, 5.74) is 0. The summed E-state index contributed by atoms with van der Waals surface area (Å²) in [6.07, 6.45) is 6.88. The number of likely N-dealkylation sites (tertiary alicyclic amines) is 1. The lowest BCUT2D eigenvalue weighted by Crippen LogP contribution is -2.30. The van der Waals surface area contributed by atoms with E-state index in [2.05, 4.69) is 22.4 Å². The zero-order chi connectivity index (χ0) is 9.64. The van der Waals surface area contributed by atoms with Crippen LogP contribution in [0.25, 0.3) is 0 Å². The van der Waals surface area contributed by atoms with Crippen molar-refractivity contribution in [3.8, 4) is 0 Å². The molecule has 78 valence electrons. The Balaban J connectivity index is 1.62. The van der Waals surface area contributed by atoms with E-state index < -0.39 is 0 Å². The summed E-state index contributed by atoms with van der Waals surface area (Å²) >= 11 is 1.89. The minimum absolute atomic E-state index is 1.27. The minimum Gasteiger partial charge on any atom is -0.303 e. The van der Waals surface area contributed by atoms with Crippen molar-refractivity contribution in [3.05, 3.63) is 22.4 Å². The van der Waals surface area contributed by atoms with Crippen LogP contribution in [0.15, 0.2) is 17.5 Å². The molecular formula is C12H19NS. The van der Waals surface area contributed by atoms with Gasteiger partial charge in [0.05, 0.1) is 0 Å². The molecule has 0 unspecified atom stereocenters. The largest absolute Gasteiger partial charge is 0.303 e. The standard InChI is InChI=1S/C12H19NS/c1-2-8-13(9-3-1)10-4-6-12-7-5-11-14-12/h5,7,11H,1-4,6,8-10H2. The fourth-order valence-corrected chi connectivity index (χ4v) is 2.87. The van der Waals surface area contributed by atoms with Crippen molar-refractivity contribution < 1.29 is 0 Å². The average molecular weight is 209 g/mol. The van der Waals surface area contributed by atoms with Crippen LogP contribution in [0, 0.1) is 0 Å². The number of hydrogen-bond acceptors (Lipinski definition) is 2. The molecule has 1 fully saturated rings. The van der Waals surface area contributed by atoms with Gasteiger partial charge in [0, 0.05) is 4.88 Å². The van der Waals surface area contributed by atoms with Gasteiger partial charge in [-0.15, -0.1) is 11.3 Å². The second-order valence-corrected chi connectivity index (χ2v) is 5.12. The first-order valence-electron chi connectivity index (χ1n) is 5.70. The zero-order valence-electron chi connectivity index (χ0n) is 8.74. The zero-order valence-corrected chi connectivity index (χ0v) is 9.56. The fraction of sp³-hybridized carbons (Fsp3) is 0.667. The van der Waals surface area contributed by atoms with Crippen molar-refractivity contribution in [2.24, 2.45) is 0 Å². The van der Waals surface area contributed by atoms with E-state index in [0.29, 0.717) is 0 Å². The molecule has 1 nitrogen and oxygen atoms in total.